The fourth-order valence-corrected chi connectivity index (χ4v) is 3.00. The van der Waals surface area contributed by atoms with Gasteiger partial charge < -0.3 is 10.2 Å². The van der Waals surface area contributed by atoms with Crippen LogP contribution >= 0.6 is 0 Å². The maximum absolute atomic E-state index is 12.2. The minimum atomic E-state index is -0.557. The number of hydrogen-bond acceptors (Lipinski definition) is 4. The highest BCUT2D eigenvalue weighted by Gasteiger charge is 2.25. The number of carbonyl (C=O) groups excluding carboxylic acids is 2. The summed E-state index contributed by atoms with van der Waals surface area (Å²) in [6, 6.07) is 5.45. The van der Waals surface area contributed by atoms with Gasteiger partial charge in [-0.25, -0.2) is 0 Å². The van der Waals surface area contributed by atoms with Crippen LogP contribution in [0.2, 0.25) is 0 Å². The number of hydrogen-bond donors (Lipinski definition) is 1. The van der Waals surface area contributed by atoms with Crippen molar-refractivity contribution < 1.29 is 14.5 Å². The van der Waals surface area contributed by atoms with E-state index >= 15 is 0 Å². The molecule has 0 unspecified atom stereocenters. The number of carbonyl (C=O) groups is 2. The Bertz CT molecular complexity index is 607. The van der Waals surface area contributed by atoms with E-state index in [1.54, 1.807) is 4.90 Å². The maximum Gasteiger partial charge on any atom is 0.270 e. The summed E-state index contributed by atoms with van der Waals surface area (Å²) in [5, 5.41) is 13.3. The molecular weight excluding hydrogens is 298 g/mol. The maximum atomic E-state index is 12.2. The molecule has 7 heteroatoms. The molecule has 2 atom stereocenters. The molecule has 1 aromatic carbocycles. The molecule has 23 heavy (non-hydrogen) atoms. The Labute approximate surface area is 134 Å². The van der Waals surface area contributed by atoms with Gasteiger partial charge in [0.1, 0.15) is 0 Å². The number of likely N-dealkylation sites (tertiary alicyclic amines) is 1. The van der Waals surface area contributed by atoms with Crippen molar-refractivity contribution >= 4 is 17.5 Å². The van der Waals surface area contributed by atoms with E-state index in [2.05, 4.69) is 19.2 Å². The number of benzene rings is 1. The van der Waals surface area contributed by atoms with Crippen LogP contribution in [0.3, 0.4) is 0 Å². The largest absolute Gasteiger partial charge is 0.343 e. The number of piperidine rings is 1. The molecule has 2 amide bonds. The second kappa shape index (κ2) is 7.21. The molecule has 0 bridgehead atoms. The van der Waals surface area contributed by atoms with Crippen LogP contribution in [0, 0.1) is 22.0 Å². The first kappa shape index (κ1) is 16.9. The minimum absolute atomic E-state index is 0.0963. The van der Waals surface area contributed by atoms with Gasteiger partial charge in [0.05, 0.1) is 11.5 Å². The number of nitro benzene ring substituents is 1. The number of amides is 2. The molecule has 0 spiro atoms. The summed E-state index contributed by atoms with van der Waals surface area (Å²) in [6.07, 6.45) is 1.10. The Morgan fingerprint density at radius 3 is 2.57 bits per heavy atom. The van der Waals surface area contributed by atoms with Gasteiger partial charge in [0.2, 0.25) is 5.91 Å². The molecule has 0 saturated carbocycles. The summed E-state index contributed by atoms with van der Waals surface area (Å²) in [6.45, 7) is 5.53. The van der Waals surface area contributed by atoms with Crippen molar-refractivity contribution in [3.63, 3.8) is 0 Å². The van der Waals surface area contributed by atoms with Crippen LogP contribution in [0.4, 0.5) is 5.69 Å². The van der Waals surface area contributed by atoms with Gasteiger partial charge in [0.25, 0.3) is 11.6 Å². The molecule has 0 radical (unpaired) electrons. The Morgan fingerprint density at radius 2 is 1.96 bits per heavy atom. The fraction of sp³-hybridized carbons (Fsp3) is 0.500. The molecule has 1 N–H and O–H groups in total. The number of non-ortho nitro benzene ring substituents is 1. The average Bonchev–Trinajstić information content (AvgIpc) is 2.51. The summed E-state index contributed by atoms with van der Waals surface area (Å²) in [5.74, 6) is 0.299. The highest BCUT2D eigenvalue weighted by atomic mass is 16.6. The van der Waals surface area contributed by atoms with E-state index in [0.717, 1.165) is 6.42 Å². The van der Waals surface area contributed by atoms with Crippen LogP contribution in [-0.4, -0.2) is 41.3 Å². The Morgan fingerprint density at radius 1 is 1.30 bits per heavy atom. The van der Waals surface area contributed by atoms with Crippen molar-refractivity contribution in [1.29, 1.82) is 0 Å². The summed E-state index contributed by atoms with van der Waals surface area (Å²) < 4.78 is 0. The van der Waals surface area contributed by atoms with E-state index < -0.39 is 10.8 Å². The van der Waals surface area contributed by atoms with E-state index in [0.29, 0.717) is 24.9 Å². The molecule has 2 rings (SSSR count). The lowest BCUT2D eigenvalue weighted by Gasteiger charge is -2.35. The van der Waals surface area contributed by atoms with Crippen molar-refractivity contribution in [3.05, 3.63) is 39.9 Å². The topological polar surface area (TPSA) is 92.6 Å². The molecule has 124 valence electrons. The first-order chi connectivity index (χ1) is 10.9. The molecular formula is C16H21N3O4. The van der Waals surface area contributed by atoms with E-state index in [-0.39, 0.29) is 23.7 Å². The zero-order chi connectivity index (χ0) is 17.0. The normalized spacial score (nSPS) is 20.9. The van der Waals surface area contributed by atoms with Crippen LogP contribution in [-0.2, 0) is 4.79 Å². The standard InChI is InChI=1S/C16H21N3O4/c1-11-6-12(2)10-18(9-11)15(20)8-17-16(21)13-4-3-5-14(7-13)19(22)23/h3-5,7,11-12H,6,8-10H2,1-2H3,(H,17,21)/t11-,12+. The highest BCUT2D eigenvalue weighted by Crippen LogP contribution is 2.20. The van der Waals surface area contributed by atoms with Gasteiger partial charge in [-0.05, 0) is 24.3 Å². The van der Waals surface area contributed by atoms with Gasteiger partial charge in [0.15, 0.2) is 0 Å². The third-order valence-electron chi connectivity index (χ3n) is 3.94. The summed E-state index contributed by atoms with van der Waals surface area (Å²) in [4.78, 5) is 36.2. The predicted octanol–water partition coefficient (Wildman–Crippen LogP) is 1.83. The summed E-state index contributed by atoms with van der Waals surface area (Å²) >= 11 is 0. The van der Waals surface area contributed by atoms with Crippen LogP contribution < -0.4 is 5.32 Å². The van der Waals surface area contributed by atoms with Crippen molar-refractivity contribution in [2.24, 2.45) is 11.8 Å². The molecule has 1 saturated heterocycles. The SMILES string of the molecule is C[C@@H]1C[C@H](C)CN(C(=O)CNC(=O)c2cccc([N+](=O)[O-])c2)C1. The second-order valence-electron chi connectivity index (χ2n) is 6.23. The van der Waals surface area contributed by atoms with Crippen molar-refractivity contribution in [2.75, 3.05) is 19.6 Å². The molecule has 1 aromatic rings. The van der Waals surface area contributed by atoms with Gasteiger partial charge in [-0.1, -0.05) is 19.9 Å². The van der Waals surface area contributed by atoms with E-state index in [9.17, 15) is 19.7 Å². The Balaban J connectivity index is 1.92. The lowest BCUT2D eigenvalue weighted by atomic mass is 9.92. The number of nitrogens with zero attached hydrogens (tertiary/aromatic N) is 2. The van der Waals surface area contributed by atoms with Crippen molar-refractivity contribution in [1.82, 2.24) is 10.2 Å². The average molecular weight is 319 g/mol. The number of rotatable bonds is 4. The van der Waals surface area contributed by atoms with Crippen LogP contribution in [0.5, 0.6) is 0 Å². The first-order valence-corrected chi connectivity index (χ1v) is 7.67. The Hall–Kier alpha value is -2.44. The smallest absolute Gasteiger partial charge is 0.270 e. The molecule has 7 nitrogen and oxygen atoms in total. The van der Waals surface area contributed by atoms with Crippen LogP contribution in [0.15, 0.2) is 24.3 Å². The molecule has 0 aromatic heterocycles. The lowest BCUT2D eigenvalue weighted by Crippen LogP contribution is -2.46. The van der Waals surface area contributed by atoms with Crippen LogP contribution in [0.1, 0.15) is 30.6 Å². The molecule has 1 aliphatic rings. The van der Waals surface area contributed by atoms with E-state index in [1.807, 2.05) is 0 Å². The molecule has 1 heterocycles. The Kier molecular flexibility index (Phi) is 5.31. The van der Waals surface area contributed by atoms with Gasteiger partial charge in [-0.3, -0.25) is 19.7 Å². The van der Waals surface area contributed by atoms with Crippen LogP contribution in [0.25, 0.3) is 0 Å². The minimum Gasteiger partial charge on any atom is -0.343 e. The van der Waals surface area contributed by atoms with Crippen molar-refractivity contribution in [2.45, 2.75) is 20.3 Å². The number of nitro groups is 1. The molecule has 1 aliphatic heterocycles. The first-order valence-electron chi connectivity index (χ1n) is 7.67. The summed E-state index contributed by atoms with van der Waals surface area (Å²) in [7, 11) is 0. The van der Waals surface area contributed by atoms with E-state index in [4.69, 9.17) is 0 Å². The second-order valence-corrected chi connectivity index (χ2v) is 6.23. The van der Waals surface area contributed by atoms with Gasteiger partial charge in [-0.2, -0.15) is 0 Å². The van der Waals surface area contributed by atoms with Gasteiger partial charge >= 0.3 is 0 Å². The molecule has 0 aliphatic carbocycles. The van der Waals surface area contributed by atoms with Crippen molar-refractivity contribution in [3.8, 4) is 0 Å². The van der Waals surface area contributed by atoms with Gasteiger partial charge in [-0.15, -0.1) is 0 Å². The van der Waals surface area contributed by atoms with E-state index in [1.165, 1.54) is 24.3 Å². The quantitative estimate of drug-likeness (QED) is 0.677. The highest BCUT2D eigenvalue weighted by molar-refractivity contribution is 5.96. The zero-order valence-electron chi connectivity index (χ0n) is 13.3. The fourth-order valence-electron chi connectivity index (χ4n) is 3.00. The third-order valence-corrected chi connectivity index (χ3v) is 3.94. The zero-order valence-corrected chi connectivity index (χ0v) is 13.3. The lowest BCUT2D eigenvalue weighted by molar-refractivity contribution is -0.384. The number of nitrogens with one attached hydrogen (secondary N) is 1. The third kappa shape index (κ3) is 4.51. The van der Waals surface area contributed by atoms with Gasteiger partial charge in [0, 0.05) is 30.8 Å². The predicted molar refractivity (Wildman–Crippen MR) is 85.0 cm³/mol. The summed E-state index contributed by atoms with van der Waals surface area (Å²) in [5.41, 5.74) is 0.0232. The molecule has 1 fully saturated rings. The monoisotopic (exact) mass is 319 g/mol.